The standard InChI is InChI=1S/C26H24N8/c1-2-8-20(9-3-1)24-22-11-4-5-12-23(22)27-26(28-24)34-15-13-33(14-16-34)18-19-7-6-10-21(17-19)25-29-31-32-30-25/h1-12,17H,13-16,18H2,(H,29,30,31,32). The van der Waals surface area contributed by atoms with Gasteiger partial charge in [0.1, 0.15) is 0 Å². The molecule has 34 heavy (non-hydrogen) atoms. The Morgan fingerprint density at radius 3 is 2.38 bits per heavy atom. The second-order valence-electron chi connectivity index (χ2n) is 8.45. The number of hydrogen-bond donors (Lipinski definition) is 1. The van der Waals surface area contributed by atoms with E-state index in [2.05, 4.69) is 79.0 Å². The topological polar surface area (TPSA) is 86.7 Å². The summed E-state index contributed by atoms with van der Waals surface area (Å²) in [5.74, 6) is 1.42. The van der Waals surface area contributed by atoms with Gasteiger partial charge in [-0.1, -0.05) is 66.7 Å². The van der Waals surface area contributed by atoms with Gasteiger partial charge in [-0.3, -0.25) is 4.90 Å². The molecule has 0 aliphatic carbocycles. The second kappa shape index (κ2) is 8.99. The number of para-hydroxylation sites is 1. The smallest absolute Gasteiger partial charge is 0.226 e. The van der Waals surface area contributed by atoms with Gasteiger partial charge in [0.25, 0.3) is 0 Å². The summed E-state index contributed by atoms with van der Waals surface area (Å²) in [5.41, 5.74) is 5.29. The summed E-state index contributed by atoms with van der Waals surface area (Å²) in [4.78, 5) is 14.7. The van der Waals surface area contributed by atoms with Crippen LogP contribution in [0.1, 0.15) is 5.56 Å². The number of nitrogens with zero attached hydrogens (tertiary/aromatic N) is 7. The molecule has 3 aromatic carbocycles. The van der Waals surface area contributed by atoms with Crippen molar-refractivity contribution in [2.24, 2.45) is 0 Å². The zero-order valence-electron chi connectivity index (χ0n) is 18.7. The van der Waals surface area contributed by atoms with Gasteiger partial charge in [-0.25, -0.2) is 9.97 Å². The van der Waals surface area contributed by atoms with Gasteiger partial charge in [0, 0.05) is 49.2 Å². The van der Waals surface area contributed by atoms with Crippen LogP contribution in [0.4, 0.5) is 5.95 Å². The lowest BCUT2D eigenvalue weighted by Gasteiger charge is -2.35. The molecule has 0 bridgehead atoms. The molecule has 0 atom stereocenters. The molecular formula is C26H24N8. The highest BCUT2D eigenvalue weighted by molar-refractivity contribution is 5.93. The number of benzene rings is 3. The van der Waals surface area contributed by atoms with E-state index in [9.17, 15) is 0 Å². The first-order valence-electron chi connectivity index (χ1n) is 11.5. The third-order valence-electron chi connectivity index (χ3n) is 6.23. The zero-order chi connectivity index (χ0) is 22.7. The number of anilines is 1. The van der Waals surface area contributed by atoms with E-state index in [1.807, 2.05) is 30.3 Å². The van der Waals surface area contributed by atoms with Crippen LogP contribution in [0.3, 0.4) is 0 Å². The van der Waals surface area contributed by atoms with Crippen molar-refractivity contribution in [3.8, 4) is 22.6 Å². The summed E-state index contributed by atoms with van der Waals surface area (Å²) < 4.78 is 0. The normalized spacial score (nSPS) is 14.5. The Hall–Kier alpha value is -4.17. The molecular weight excluding hydrogens is 424 g/mol. The molecule has 2 aromatic heterocycles. The van der Waals surface area contributed by atoms with E-state index in [4.69, 9.17) is 9.97 Å². The summed E-state index contributed by atoms with van der Waals surface area (Å²) in [5, 5.41) is 15.4. The van der Waals surface area contributed by atoms with Crippen molar-refractivity contribution in [3.05, 3.63) is 84.4 Å². The van der Waals surface area contributed by atoms with Crippen LogP contribution in [0.15, 0.2) is 78.9 Å². The predicted octanol–water partition coefficient (Wildman–Crippen LogP) is 3.80. The van der Waals surface area contributed by atoms with E-state index in [-0.39, 0.29) is 0 Å². The maximum absolute atomic E-state index is 5.02. The van der Waals surface area contributed by atoms with E-state index >= 15 is 0 Å². The number of rotatable bonds is 5. The number of aromatic nitrogens is 6. The van der Waals surface area contributed by atoms with Gasteiger partial charge in [-0.2, -0.15) is 5.21 Å². The van der Waals surface area contributed by atoms with Crippen molar-refractivity contribution in [3.63, 3.8) is 0 Å². The Balaban J connectivity index is 1.20. The third kappa shape index (κ3) is 4.11. The zero-order valence-corrected chi connectivity index (χ0v) is 18.7. The van der Waals surface area contributed by atoms with Crippen molar-refractivity contribution >= 4 is 16.9 Å². The Morgan fingerprint density at radius 1 is 0.765 bits per heavy atom. The molecule has 1 fully saturated rings. The minimum atomic E-state index is 0.620. The maximum atomic E-state index is 5.02. The van der Waals surface area contributed by atoms with Crippen LogP contribution in [0, 0.1) is 0 Å². The molecule has 8 heteroatoms. The first-order chi connectivity index (χ1) is 16.8. The number of aromatic amines is 1. The molecule has 1 saturated heterocycles. The lowest BCUT2D eigenvalue weighted by atomic mass is 10.1. The number of tetrazole rings is 1. The average molecular weight is 449 g/mol. The fourth-order valence-electron chi connectivity index (χ4n) is 4.48. The molecule has 0 radical (unpaired) electrons. The number of fused-ring (bicyclic) bond motifs is 1. The van der Waals surface area contributed by atoms with Gasteiger partial charge in [0.05, 0.1) is 11.2 Å². The van der Waals surface area contributed by atoms with E-state index < -0.39 is 0 Å². The largest absolute Gasteiger partial charge is 0.338 e. The molecule has 1 aliphatic rings. The molecule has 8 nitrogen and oxygen atoms in total. The summed E-state index contributed by atoms with van der Waals surface area (Å²) in [6, 6.07) is 26.9. The van der Waals surface area contributed by atoms with Crippen LogP contribution in [-0.4, -0.2) is 61.7 Å². The molecule has 0 spiro atoms. The molecule has 168 valence electrons. The van der Waals surface area contributed by atoms with Crippen molar-refractivity contribution in [2.75, 3.05) is 31.1 Å². The quantitative estimate of drug-likeness (QED) is 0.438. The third-order valence-corrected chi connectivity index (χ3v) is 6.23. The van der Waals surface area contributed by atoms with E-state index in [1.165, 1.54) is 5.56 Å². The van der Waals surface area contributed by atoms with Crippen molar-refractivity contribution < 1.29 is 0 Å². The van der Waals surface area contributed by atoms with Crippen molar-refractivity contribution in [1.82, 2.24) is 35.5 Å². The Kier molecular flexibility index (Phi) is 5.41. The fourth-order valence-corrected chi connectivity index (χ4v) is 4.48. The Bertz CT molecular complexity index is 1390. The lowest BCUT2D eigenvalue weighted by molar-refractivity contribution is 0.249. The molecule has 0 unspecified atom stereocenters. The van der Waals surface area contributed by atoms with Crippen LogP contribution < -0.4 is 4.90 Å². The first kappa shape index (κ1) is 20.4. The summed E-state index contributed by atoms with van der Waals surface area (Å²) in [6.45, 7) is 4.55. The van der Waals surface area contributed by atoms with Gasteiger partial charge >= 0.3 is 0 Å². The van der Waals surface area contributed by atoms with Gasteiger partial charge < -0.3 is 4.90 Å². The summed E-state index contributed by atoms with van der Waals surface area (Å²) in [7, 11) is 0. The van der Waals surface area contributed by atoms with E-state index in [1.54, 1.807) is 0 Å². The van der Waals surface area contributed by atoms with Crippen LogP contribution in [-0.2, 0) is 6.54 Å². The fraction of sp³-hybridized carbons (Fsp3) is 0.192. The van der Waals surface area contributed by atoms with E-state index in [0.717, 1.165) is 66.4 Å². The highest BCUT2D eigenvalue weighted by Crippen LogP contribution is 2.28. The van der Waals surface area contributed by atoms with Gasteiger partial charge in [-0.15, -0.1) is 10.2 Å². The highest BCUT2D eigenvalue weighted by Gasteiger charge is 2.21. The van der Waals surface area contributed by atoms with Crippen LogP contribution in [0.25, 0.3) is 33.5 Å². The minimum absolute atomic E-state index is 0.620. The predicted molar refractivity (Wildman–Crippen MR) is 132 cm³/mol. The monoisotopic (exact) mass is 448 g/mol. The van der Waals surface area contributed by atoms with E-state index in [0.29, 0.717) is 5.82 Å². The number of piperazine rings is 1. The molecule has 3 heterocycles. The lowest BCUT2D eigenvalue weighted by Crippen LogP contribution is -2.46. The highest BCUT2D eigenvalue weighted by atomic mass is 15.5. The van der Waals surface area contributed by atoms with Crippen LogP contribution in [0.5, 0.6) is 0 Å². The van der Waals surface area contributed by atoms with Crippen LogP contribution >= 0.6 is 0 Å². The molecule has 5 aromatic rings. The maximum Gasteiger partial charge on any atom is 0.226 e. The van der Waals surface area contributed by atoms with Crippen LogP contribution in [0.2, 0.25) is 0 Å². The molecule has 1 N–H and O–H groups in total. The molecule has 0 saturated carbocycles. The number of H-pyrrole nitrogens is 1. The summed E-state index contributed by atoms with van der Waals surface area (Å²) >= 11 is 0. The molecule has 0 amide bonds. The first-order valence-corrected chi connectivity index (χ1v) is 11.5. The second-order valence-corrected chi connectivity index (χ2v) is 8.45. The SMILES string of the molecule is c1ccc(-c2nc(N3CCN(Cc4cccc(-c5nn[nH]n5)c4)CC3)nc3ccccc23)cc1. The van der Waals surface area contributed by atoms with Crippen molar-refractivity contribution in [1.29, 1.82) is 0 Å². The minimum Gasteiger partial charge on any atom is -0.338 e. The molecule has 6 rings (SSSR count). The number of hydrogen-bond acceptors (Lipinski definition) is 7. The van der Waals surface area contributed by atoms with Gasteiger partial charge in [0.2, 0.25) is 11.8 Å². The summed E-state index contributed by atoms with van der Waals surface area (Å²) in [6.07, 6.45) is 0. The van der Waals surface area contributed by atoms with Gasteiger partial charge in [-0.05, 0) is 22.9 Å². The van der Waals surface area contributed by atoms with Crippen molar-refractivity contribution in [2.45, 2.75) is 6.54 Å². The average Bonchev–Trinajstić information content (AvgIpc) is 3.45. The Morgan fingerprint density at radius 2 is 1.56 bits per heavy atom. The molecule has 1 aliphatic heterocycles. The van der Waals surface area contributed by atoms with Gasteiger partial charge in [0.15, 0.2) is 0 Å². The number of nitrogens with one attached hydrogen (secondary N) is 1. The Labute approximate surface area is 197 Å².